The summed E-state index contributed by atoms with van der Waals surface area (Å²) in [5.41, 5.74) is 0.975. The number of benzene rings is 1. The zero-order chi connectivity index (χ0) is 14.0. The maximum absolute atomic E-state index is 13.7. The number of aliphatic hydroxyl groups excluding tert-OH is 1. The maximum atomic E-state index is 13.7. The van der Waals surface area contributed by atoms with E-state index in [1.54, 1.807) is 0 Å². The van der Waals surface area contributed by atoms with Crippen molar-refractivity contribution in [2.75, 3.05) is 0 Å². The van der Waals surface area contributed by atoms with Crippen LogP contribution in [0.1, 0.15) is 24.6 Å². The van der Waals surface area contributed by atoms with Gasteiger partial charge in [0.15, 0.2) is 17.5 Å². The zero-order valence-corrected chi connectivity index (χ0v) is 10.3. The van der Waals surface area contributed by atoms with E-state index in [-0.39, 0.29) is 12.3 Å². The minimum atomic E-state index is -1.24. The van der Waals surface area contributed by atoms with Gasteiger partial charge in [0.05, 0.1) is 12.8 Å². The van der Waals surface area contributed by atoms with Gasteiger partial charge in [-0.2, -0.15) is 5.10 Å². The predicted octanol–water partition coefficient (Wildman–Crippen LogP) is 2.73. The van der Waals surface area contributed by atoms with Crippen molar-refractivity contribution in [1.29, 1.82) is 0 Å². The van der Waals surface area contributed by atoms with Crippen LogP contribution in [-0.2, 0) is 13.0 Å². The molecule has 1 aromatic carbocycles. The summed E-state index contributed by atoms with van der Waals surface area (Å²) in [5.74, 6) is -3.28. The third-order valence-electron chi connectivity index (χ3n) is 2.83. The molecule has 3 nitrogen and oxygen atoms in total. The van der Waals surface area contributed by atoms with Crippen molar-refractivity contribution < 1.29 is 18.3 Å². The van der Waals surface area contributed by atoms with Gasteiger partial charge in [0.25, 0.3) is 0 Å². The molecule has 0 amide bonds. The van der Waals surface area contributed by atoms with Crippen LogP contribution in [0.25, 0.3) is 5.69 Å². The predicted molar refractivity (Wildman–Crippen MR) is 63.4 cm³/mol. The minimum absolute atomic E-state index is 0.165. The number of hydrogen-bond donors (Lipinski definition) is 1. The molecule has 102 valence electrons. The highest BCUT2D eigenvalue weighted by Gasteiger charge is 2.16. The van der Waals surface area contributed by atoms with Crippen molar-refractivity contribution >= 4 is 0 Å². The van der Waals surface area contributed by atoms with Crippen molar-refractivity contribution in [1.82, 2.24) is 9.78 Å². The molecule has 0 saturated heterocycles. The van der Waals surface area contributed by atoms with Gasteiger partial charge in [-0.05, 0) is 6.42 Å². The summed E-state index contributed by atoms with van der Waals surface area (Å²) in [6.07, 6.45) is 2.70. The fourth-order valence-electron chi connectivity index (χ4n) is 1.92. The molecule has 0 unspecified atom stereocenters. The van der Waals surface area contributed by atoms with Crippen LogP contribution in [-0.4, -0.2) is 14.9 Å². The highest BCUT2D eigenvalue weighted by Crippen LogP contribution is 2.21. The Balaban J connectivity index is 2.58. The number of hydrogen-bond acceptors (Lipinski definition) is 2. The summed E-state index contributed by atoms with van der Waals surface area (Å²) >= 11 is 0. The molecule has 1 aromatic heterocycles. The average Bonchev–Trinajstić information content (AvgIpc) is 2.77. The molecule has 0 spiro atoms. The summed E-state index contributed by atoms with van der Waals surface area (Å²) in [6.45, 7) is 1.68. The van der Waals surface area contributed by atoms with E-state index in [2.05, 4.69) is 5.10 Å². The van der Waals surface area contributed by atoms with Crippen LogP contribution in [0.15, 0.2) is 18.3 Å². The number of rotatable bonds is 4. The van der Waals surface area contributed by atoms with Gasteiger partial charge in [-0.15, -0.1) is 0 Å². The monoisotopic (exact) mass is 270 g/mol. The lowest BCUT2D eigenvalue weighted by molar-refractivity contribution is 0.280. The molecule has 6 heteroatoms. The van der Waals surface area contributed by atoms with Crippen LogP contribution in [0.2, 0.25) is 0 Å². The molecule has 1 N–H and O–H groups in total. The van der Waals surface area contributed by atoms with E-state index >= 15 is 0 Å². The lowest BCUT2D eigenvalue weighted by Gasteiger charge is -2.09. The number of halogens is 3. The number of aromatic nitrogens is 2. The summed E-state index contributed by atoms with van der Waals surface area (Å²) in [5, 5.41) is 13.1. The summed E-state index contributed by atoms with van der Waals surface area (Å²) in [6, 6.07) is 1.25. The lowest BCUT2D eigenvalue weighted by Crippen LogP contribution is -2.07. The van der Waals surface area contributed by atoms with Crippen LogP contribution in [0.3, 0.4) is 0 Å². The normalized spacial score (nSPS) is 11.0. The van der Waals surface area contributed by atoms with E-state index in [1.165, 1.54) is 10.9 Å². The van der Waals surface area contributed by atoms with E-state index < -0.39 is 17.5 Å². The number of nitrogens with zero attached hydrogens (tertiary/aromatic N) is 2. The van der Waals surface area contributed by atoms with Crippen molar-refractivity contribution in [3.05, 3.63) is 47.0 Å². The molecule has 0 saturated carbocycles. The third kappa shape index (κ3) is 2.49. The Morgan fingerprint density at radius 3 is 2.47 bits per heavy atom. The maximum Gasteiger partial charge on any atom is 0.161 e. The topological polar surface area (TPSA) is 38.1 Å². The van der Waals surface area contributed by atoms with Crippen LogP contribution in [0.5, 0.6) is 0 Å². The van der Waals surface area contributed by atoms with Crippen LogP contribution >= 0.6 is 0 Å². The molecule has 0 aliphatic carbocycles. The summed E-state index contributed by atoms with van der Waals surface area (Å²) in [7, 11) is 0. The third-order valence-corrected chi connectivity index (χ3v) is 2.83. The van der Waals surface area contributed by atoms with E-state index in [9.17, 15) is 18.3 Å². The Hall–Kier alpha value is -1.82. The summed E-state index contributed by atoms with van der Waals surface area (Å²) in [4.78, 5) is 0. The molecule has 1 heterocycles. The second-order valence-corrected chi connectivity index (χ2v) is 4.15. The first-order chi connectivity index (χ1) is 9.08. The van der Waals surface area contributed by atoms with E-state index in [0.717, 1.165) is 12.5 Å². The largest absolute Gasteiger partial charge is 0.392 e. The van der Waals surface area contributed by atoms with Crippen LogP contribution < -0.4 is 0 Å². The minimum Gasteiger partial charge on any atom is -0.392 e. The SMILES string of the molecule is CCCc1c(CO)cnn1-c1cc(F)c(F)cc1F. The van der Waals surface area contributed by atoms with Gasteiger partial charge in [0.2, 0.25) is 0 Å². The van der Waals surface area contributed by atoms with Gasteiger partial charge < -0.3 is 5.11 Å². The van der Waals surface area contributed by atoms with E-state index in [0.29, 0.717) is 23.7 Å². The summed E-state index contributed by atoms with van der Waals surface area (Å²) < 4.78 is 41.1. The Kier molecular flexibility index (Phi) is 3.90. The van der Waals surface area contributed by atoms with E-state index in [4.69, 9.17) is 0 Å². The van der Waals surface area contributed by atoms with Gasteiger partial charge in [-0.25, -0.2) is 17.9 Å². The molecule has 2 aromatic rings. The van der Waals surface area contributed by atoms with Gasteiger partial charge in [-0.3, -0.25) is 0 Å². The lowest BCUT2D eigenvalue weighted by atomic mass is 10.1. The quantitative estimate of drug-likeness (QED) is 0.867. The first kappa shape index (κ1) is 13.6. The molecule has 2 rings (SSSR count). The Morgan fingerprint density at radius 2 is 1.84 bits per heavy atom. The standard InChI is InChI=1S/C13H13F3N2O/c1-2-3-12-8(7-19)6-17-18(12)13-5-10(15)9(14)4-11(13)16/h4-6,19H,2-3,7H2,1H3. The highest BCUT2D eigenvalue weighted by atomic mass is 19.2. The first-order valence-electron chi connectivity index (χ1n) is 5.90. The highest BCUT2D eigenvalue weighted by molar-refractivity contribution is 5.37. The molecule has 0 bridgehead atoms. The molecule has 0 aliphatic heterocycles. The van der Waals surface area contributed by atoms with Gasteiger partial charge in [-0.1, -0.05) is 13.3 Å². The van der Waals surface area contributed by atoms with E-state index in [1.807, 2.05) is 6.92 Å². The smallest absolute Gasteiger partial charge is 0.161 e. The fourth-order valence-corrected chi connectivity index (χ4v) is 1.92. The first-order valence-corrected chi connectivity index (χ1v) is 5.90. The molecule has 0 fully saturated rings. The van der Waals surface area contributed by atoms with Gasteiger partial charge in [0.1, 0.15) is 5.69 Å². The molecule has 0 radical (unpaired) electrons. The number of aliphatic hydroxyl groups is 1. The zero-order valence-electron chi connectivity index (χ0n) is 10.3. The van der Waals surface area contributed by atoms with Crippen LogP contribution in [0.4, 0.5) is 13.2 Å². The molecule has 0 atom stereocenters. The Labute approximate surface area is 108 Å². The Morgan fingerprint density at radius 1 is 1.16 bits per heavy atom. The molecule has 0 aliphatic rings. The van der Waals surface area contributed by atoms with Crippen molar-refractivity contribution in [2.45, 2.75) is 26.4 Å². The second kappa shape index (κ2) is 5.44. The van der Waals surface area contributed by atoms with Gasteiger partial charge >= 0.3 is 0 Å². The second-order valence-electron chi connectivity index (χ2n) is 4.15. The average molecular weight is 270 g/mol. The molecular formula is C13H13F3N2O. The van der Waals surface area contributed by atoms with Crippen molar-refractivity contribution in [3.63, 3.8) is 0 Å². The fraction of sp³-hybridized carbons (Fsp3) is 0.308. The molecular weight excluding hydrogens is 257 g/mol. The Bertz CT molecular complexity index is 596. The molecule has 19 heavy (non-hydrogen) atoms. The van der Waals surface area contributed by atoms with Crippen molar-refractivity contribution in [3.8, 4) is 5.69 Å². The van der Waals surface area contributed by atoms with Crippen LogP contribution in [0, 0.1) is 17.5 Å². The van der Waals surface area contributed by atoms with Crippen molar-refractivity contribution in [2.24, 2.45) is 0 Å². The van der Waals surface area contributed by atoms with Gasteiger partial charge in [0, 0.05) is 23.4 Å².